The Hall–Kier alpha value is -3.07. The number of rotatable bonds is 8. The van der Waals surface area contributed by atoms with Gasteiger partial charge in [-0.15, -0.1) is 0 Å². The third-order valence-electron chi connectivity index (χ3n) is 3.58. The number of hydrogen-bond donors (Lipinski definition) is 3. The number of aryl methyl sites for hydroxylation is 1. The van der Waals surface area contributed by atoms with E-state index in [0.717, 1.165) is 5.56 Å². The molecule has 29 heavy (non-hydrogen) atoms. The molecule has 0 spiro atoms. The molecule has 0 aliphatic heterocycles. The van der Waals surface area contributed by atoms with E-state index < -0.39 is 21.7 Å². The van der Waals surface area contributed by atoms with Crippen LogP contribution in [0.4, 0.5) is 17.1 Å². The summed E-state index contributed by atoms with van der Waals surface area (Å²) >= 11 is 0. The number of nitrogens with one attached hydrogen (secondary N) is 3. The number of ether oxygens (including phenoxy) is 1. The summed E-state index contributed by atoms with van der Waals surface area (Å²) in [5.74, 6) is -1.19. The lowest BCUT2D eigenvalue weighted by Crippen LogP contribution is -2.27. The molecule has 0 aliphatic carbocycles. The highest BCUT2D eigenvalue weighted by Gasteiger charge is 2.18. The molecule has 0 aromatic heterocycles. The zero-order valence-electron chi connectivity index (χ0n) is 16.8. The number of anilines is 3. The van der Waals surface area contributed by atoms with Gasteiger partial charge in [0.15, 0.2) is 0 Å². The van der Waals surface area contributed by atoms with Crippen LogP contribution in [0.5, 0.6) is 5.75 Å². The number of amides is 2. The van der Waals surface area contributed by atoms with Gasteiger partial charge in [0.05, 0.1) is 17.5 Å². The predicted octanol–water partition coefficient (Wildman–Crippen LogP) is 3.12. The summed E-state index contributed by atoms with van der Waals surface area (Å²) in [5.41, 5.74) is 1.89. The Balaban J connectivity index is 2.04. The van der Waals surface area contributed by atoms with Crippen molar-refractivity contribution in [3.63, 3.8) is 0 Å². The standard InChI is InChI=1S/C20H25N3O5S/c1-13(2)28-17-8-6-16(7-9-17)23-29(26,27)12-20(25)22-19-11-14(3)5-10-18(19)21-15(4)24/h5-11,13,23H,12H2,1-4H3,(H,21,24)(H,22,25). The fraction of sp³-hybridized carbons (Fsp3) is 0.300. The van der Waals surface area contributed by atoms with Gasteiger partial charge in [-0.2, -0.15) is 0 Å². The average Bonchev–Trinajstić information content (AvgIpc) is 2.57. The van der Waals surface area contributed by atoms with E-state index in [1.165, 1.54) is 6.92 Å². The van der Waals surface area contributed by atoms with Crippen LogP contribution in [-0.2, 0) is 19.6 Å². The molecule has 2 aromatic rings. The molecule has 0 atom stereocenters. The lowest BCUT2D eigenvalue weighted by molar-refractivity contribution is -0.115. The normalized spacial score (nSPS) is 11.1. The first-order chi connectivity index (χ1) is 13.5. The molecule has 0 bridgehead atoms. The third-order valence-corrected chi connectivity index (χ3v) is 4.77. The van der Waals surface area contributed by atoms with Crippen molar-refractivity contribution < 1.29 is 22.7 Å². The minimum absolute atomic E-state index is 0.00486. The van der Waals surface area contributed by atoms with E-state index in [9.17, 15) is 18.0 Å². The highest BCUT2D eigenvalue weighted by Crippen LogP contribution is 2.23. The molecule has 3 N–H and O–H groups in total. The first-order valence-corrected chi connectivity index (χ1v) is 10.6. The van der Waals surface area contributed by atoms with Crippen molar-refractivity contribution in [3.05, 3.63) is 48.0 Å². The Kier molecular flexibility index (Phi) is 7.22. The van der Waals surface area contributed by atoms with Gasteiger partial charge in [-0.05, 0) is 62.7 Å². The van der Waals surface area contributed by atoms with E-state index >= 15 is 0 Å². The minimum atomic E-state index is -3.93. The molecular formula is C20H25N3O5S. The summed E-state index contributed by atoms with van der Waals surface area (Å²) in [6.07, 6.45) is 0.00486. The fourth-order valence-electron chi connectivity index (χ4n) is 2.51. The van der Waals surface area contributed by atoms with Crippen LogP contribution in [0, 0.1) is 6.92 Å². The minimum Gasteiger partial charge on any atom is -0.491 e. The molecule has 0 aliphatic rings. The quantitative estimate of drug-likeness (QED) is 0.608. The second-order valence-corrected chi connectivity index (χ2v) is 8.55. The van der Waals surface area contributed by atoms with E-state index in [1.807, 2.05) is 20.8 Å². The predicted molar refractivity (Wildman–Crippen MR) is 114 cm³/mol. The van der Waals surface area contributed by atoms with Gasteiger partial charge in [-0.3, -0.25) is 14.3 Å². The summed E-state index contributed by atoms with van der Waals surface area (Å²) < 4.78 is 32.5. The van der Waals surface area contributed by atoms with Gasteiger partial charge in [-0.1, -0.05) is 6.07 Å². The van der Waals surface area contributed by atoms with Gasteiger partial charge in [0.2, 0.25) is 21.8 Å². The molecule has 0 unspecified atom stereocenters. The highest BCUT2D eigenvalue weighted by molar-refractivity contribution is 7.93. The van der Waals surface area contributed by atoms with Crippen molar-refractivity contribution in [2.75, 3.05) is 21.1 Å². The van der Waals surface area contributed by atoms with Crippen molar-refractivity contribution in [2.24, 2.45) is 0 Å². The van der Waals surface area contributed by atoms with Crippen molar-refractivity contribution in [2.45, 2.75) is 33.8 Å². The molecule has 0 heterocycles. The van der Waals surface area contributed by atoms with Crippen molar-refractivity contribution >= 4 is 38.9 Å². The SMILES string of the molecule is CC(=O)Nc1ccc(C)cc1NC(=O)CS(=O)(=O)Nc1ccc(OC(C)C)cc1. The van der Waals surface area contributed by atoms with Crippen LogP contribution < -0.4 is 20.1 Å². The summed E-state index contributed by atoms with van der Waals surface area (Å²) in [5, 5.41) is 5.13. The molecule has 156 valence electrons. The maximum absolute atomic E-state index is 12.3. The second-order valence-electron chi connectivity index (χ2n) is 6.83. The molecule has 2 aromatic carbocycles. The molecule has 0 fully saturated rings. The average molecular weight is 420 g/mol. The van der Waals surface area contributed by atoms with Gasteiger partial charge in [0.25, 0.3) is 0 Å². The van der Waals surface area contributed by atoms with Gasteiger partial charge in [0, 0.05) is 12.6 Å². The molecule has 2 rings (SSSR count). The summed E-state index contributed by atoms with van der Waals surface area (Å²) in [6, 6.07) is 11.5. The largest absolute Gasteiger partial charge is 0.491 e. The lowest BCUT2D eigenvalue weighted by Gasteiger charge is -2.13. The fourth-order valence-corrected chi connectivity index (χ4v) is 3.49. The molecular weight excluding hydrogens is 394 g/mol. The van der Waals surface area contributed by atoms with Crippen LogP contribution in [0.25, 0.3) is 0 Å². The second kappa shape index (κ2) is 9.42. The molecule has 8 nitrogen and oxygen atoms in total. The maximum Gasteiger partial charge on any atom is 0.241 e. The Labute approximate surface area is 170 Å². The molecule has 0 saturated carbocycles. The number of carbonyl (C=O) groups is 2. The van der Waals surface area contributed by atoms with Crippen LogP contribution in [-0.4, -0.2) is 32.1 Å². The highest BCUT2D eigenvalue weighted by atomic mass is 32.2. The molecule has 0 radical (unpaired) electrons. The summed E-state index contributed by atoms with van der Waals surface area (Å²) in [4.78, 5) is 23.6. The third kappa shape index (κ3) is 7.46. The van der Waals surface area contributed by atoms with E-state index in [2.05, 4.69) is 15.4 Å². The first kappa shape index (κ1) is 22.2. The molecule has 2 amide bonds. The van der Waals surface area contributed by atoms with Crippen LogP contribution in [0.15, 0.2) is 42.5 Å². The number of benzene rings is 2. The Morgan fingerprint density at radius 2 is 1.66 bits per heavy atom. The van der Waals surface area contributed by atoms with Crippen molar-refractivity contribution in [3.8, 4) is 5.75 Å². The smallest absolute Gasteiger partial charge is 0.241 e. The molecule has 0 saturated heterocycles. The lowest BCUT2D eigenvalue weighted by atomic mass is 10.2. The first-order valence-electron chi connectivity index (χ1n) is 8.99. The van der Waals surface area contributed by atoms with E-state index in [0.29, 0.717) is 22.8 Å². The van der Waals surface area contributed by atoms with Crippen LogP contribution in [0.3, 0.4) is 0 Å². The zero-order valence-corrected chi connectivity index (χ0v) is 17.6. The number of sulfonamides is 1. The van der Waals surface area contributed by atoms with E-state index in [1.54, 1.807) is 42.5 Å². The van der Waals surface area contributed by atoms with E-state index in [4.69, 9.17) is 4.74 Å². The Bertz CT molecular complexity index is 986. The van der Waals surface area contributed by atoms with Gasteiger partial charge in [0.1, 0.15) is 11.5 Å². The Morgan fingerprint density at radius 1 is 1.00 bits per heavy atom. The number of hydrogen-bond acceptors (Lipinski definition) is 5. The van der Waals surface area contributed by atoms with E-state index in [-0.39, 0.29) is 12.0 Å². The topological polar surface area (TPSA) is 114 Å². The van der Waals surface area contributed by atoms with Gasteiger partial charge < -0.3 is 15.4 Å². The van der Waals surface area contributed by atoms with Crippen molar-refractivity contribution in [1.29, 1.82) is 0 Å². The van der Waals surface area contributed by atoms with Gasteiger partial charge >= 0.3 is 0 Å². The van der Waals surface area contributed by atoms with Gasteiger partial charge in [-0.25, -0.2) is 8.42 Å². The maximum atomic E-state index is 12.3. The van der Waals surface area contributed by atoms with Crippen LogP contribution in [0.2, 0.25) is 0 Å². The van der Waals surface area contributed by atoms with Crippen LogP contribution >= 0.6 is 0 Å². The number of carbonyl (C=O) groups excluding carboxylic acids is 2. The summed E-state index contributed by atoms with van der Waals surface area (Å²) in [7, 11) is -3.93. The zero-order chi connectivity index (χ0) is 21.6. The van der Waals surface area contributed by atoms with Crippen molar-refractivity contribution in [1.82, 2.24) is 0 Å². The molecule has 9 heteroatoms. The summed E-state index contributed by atoms with van der Waals surface area (Å²) in [6.45, 7) is 6.94. The monoisotopic (exact) mass is 419 g/mol. The Morgan fingerprint density at radius 3 is 2.24 bits per heavy atom. The van der Waals surface area contributed by atoms with Crippen LogP contribution in [0.1, 0.15) is 26.3 Å².